The van der Waals surface area contributed by atoms with Gasteiger partial charge in [-0.2, -0.15) is 0 Å². The highest BCUT2D eigenvalue weighted by Gasteiger charge is 2.20. The van der Waals surface area contributed by atoms with E-state index in [1.807, 2.05) is 37.5 Å². The maximum Gasteiger partial charge on any atom is 0.191 e. The van der Waals surface area contributed by atoms with E-state index in [9.17, 15) is 0 Å². The fourth-order valence-electron chi connectivity index (χ4n) is 3.53. The predicted octanol–water partition coefficient (Wildman–Crippen LogP) is 4.12. The molecule has 1 fully saturated rings. The first kappa shape index (κ1) is 23.9. The highest BCUT2D eigenvalue weighted by molar-refractivity contribution is 14.0. The van der Waals surface area contributed by atoms with Crippen molar-refractivity contribution in [1.82, 2.24) is 20.5 Å². The van der Waals surface area contributed by atoms with Crippen molar-refractivity contribution in [3.8, 4) is 0 Å². The first-order valence-corrected chi connectivity index (χ1v) is 10.5. The van der Waals surface area contributed by atoms with Gasteiger partial charge in [-0.15, -0.1) is 24.0 Å². The van der Waals surface area contributed by atoms with Crippen molar-refractivity contribution in [2.24, 2.45) is 4.99 Å². The molecule has 7 heteroatoms. The van der Waals surface area contributed by atoms with E-state index in [2.05, 4.69) is 43.7 Å². The lowest BCUT2D eigenvalue weighted by Crippen LogP contribution is -2.48. The zero-order valence-electron chi connectivity index (χ0n) is 17.0. The van der Waals surface area contributed by atoms with Crippen molar-refractivity contribution in [3.05, 3.63) is 64.9 Å². The SMILES string of the molecule is CN=C(NCCCc1ccccc1Cl)NC1CCN(Cc2ccccn2)CC1.I. The van der Waals surface area contributed by atoms with Crippen molar-refractivity contribution in [1.29, 1.82) is 0 Å². The molecule has 0 amide bonds. The molecular formula is C22H31ClIN5. The Morgan fingerprint density at radius 1 is 1.17 bits per heavy atom. The molecule has 2 aromatic rings. The predicted molar refractivity (Wildman–Crippen MR) is 132 cm³/mol. The zero-order chi connectivity index (χ0) is 19.6. The fraction of sp³-hybridized carbons (Fsp3) is 0.455. The fourth-order valence-corrected chi connectivity index (χ4v) is 3.76. The molecule has 0 bridgehead atoms. The minimum atomic E-state index is 0. The molecule has 158 valence electrons. The molecule has 29 heavy (non-hydrogen) atoms. The van der Waals surface area contributed by atoms with Gasteiger partial charge in [0.2, 0.25) is 0 Å². The number of hydrogen-bond acceptors (Lipinski definition) is 3. The standard InChI is InChI=1S/C22H30ClN5.HI/c1-24-22(26-14-6-8-18-7-2-3-10-21(18)23)27-19-11-15-28(16-12-19)17-20-9-4-5-13-25-20;/h2-5,7,9-10,13,19H,6,8,11-12,14-17H2,1H3,(H2,24,26,27);1H. The van der Waals surface area contributed by atoms with Crippen molar-refractivity contribution >= 4 is 41.5 Å². The molecule has 2 heterocycles. The van der Waals surface area contributed by atoms with Gasteiger partial charge >= 0.3 is 0 Å². The van der Waals surface area contributed by atoms with E-state index in [4.69, 9.17) is 11.6 Å². The summed E-state index contributed by atoms with van der Waals surface area (Å²) in [4.78, 5) is 11.3. The van der Waals surface area contributed by atoms with Crippen LogP contribution < -0.4 is 10.6 Å². The molecule has 0 unspecified atom stereocenters. The van der Waals surface area contributed by atoms with Crippen LogP contribution in [-0.2, 0) is 13.0 Å². The lowest BCUT2D eigenvalue weighted by molar-refractivity contribution is 0.196. The Labute approximate surface area is 196 Å². The molecule has 1 aromatic heterocycles. The molecule has 0 saturated carbocycles. The second-order valence-electron chi connectivity index (χ2n) is 7.21. The number of likely N-dealkylation sites (tertiary alicyclic amines) is 1. The monoisotopic (exact) mass is 527 g/mol. The number of aliphatic imine (C=N–C) groups is 1. The topological polar surface area (TPSA) is 52.6 Å². The van der Waals surface area contributed by atoms with E-state index in [1.165, 1.54) is 5.56 Å². The Hall–Kier alpha value is -1.38. The molecule has 2 N–H and O–H groups in total. The Morgan fingerprint density at radius 2 is 1.93 bits per heavy atom. The maximum absolute atomic E-state index is 6.22. The summed E-state index contributed by atoms with van der Waals surface area (Å²) in [7, 11) is 1.83. The normalized spacial score (nSPS) is 15.6. The van der Waals surface area contributed by atoms with Crippen LogP contribution in [-0.4, -0.2) is 48.6 Å². The number of aromatic nitrogens is 1. The number of pyridine rings is 1. The first-order chi connectivity index (χ1) is 13.7. The van der Waals surface area contributed by atoms with Crippen LogP contribution in [0.4, 0.5) is 0 Å². The summed E-state index contributed by atoms with van der Waals surface area (Å²) in [6.45, 7) is 3.97. The number of hydrogen-bond donors (Lipinski definition) is 2. The van der Waals surface area contributed by atoms with Crippen LogP contribution in [0.1, 0.15) is 30.5 Å². The Morgan fingerprint density at radius 3 is 2.62 bits per heavy atom. The number of aryl methyl sites for hydroxylation is 1. The second-order valence-corrected chi connectivity index (χ2v) is 7.62. The molecular weight excluding hydrogens is 497 g/mol. The van der Waals surface area contributed by atoms with Gasteiger partial charge in [0.25, 0.3) is 0 Å². The Bertz CT molecular complexity index is 748. The molecule has 0 aliphatic carbocycles. The van der Waals surface area contributed by atoms with E-state index in [0.717, 1.165) is 68.5 Å². The molecule has 0 spiro atoms. The average Bonchev–Trinajstić information content (AvgIpc) is 2.73. The molecule has 5 nitrogen and oxygen atoms in total. The Kier molecular flexibility index (Phi) is 10.7. The van der Waals surface area contributed by atoms with Gasteiger partial charge in [0.05, 0.1) is 5.69 Å². The number of nitrogens with one attached hydrogen (secondary N) is 2. The van der Waals surface area contributed by atoms with E-state index in [1.54, 1.807) is 0 Å². The molecule has 0 radical (unpaired) electrons. The number of rotatable bonds is 7. The second kappa shape index (κ2) is 13.0. The van der Waals surface area contributed by atoms with Gasteiger partial charge in [-0.05, 0) is 49.4 Å². The lowest BCUT2D eigenvalue weighted by Gasteiger charge is -2.32. The number of nitrogens with zero attached hydrogens (tertiary/aromatic N) is 3. The summed E-state index contributed by atoms with van der Waals surface area (Å²) in [5.41, 5.74) is 2.35. The minimum Gasteiger partial charge on any atom is -0.356 e. The summed E-state index contributed by atoms with van der Waals surface area (Å²) in [6.07, 6.45) is 6.09. The lowest BCUT2D eigenvalue weighted by atomic mass is 10.0. The summed E-state index contributed by atoms with van der Waals surface area (Å²) < 4.78 is 0. The average molecular weight is 528 g/mol. The summed E-state index contributed by atoms with van der Waals surface area (Å²) in [5, 5.41) is 7.85. The summed E-state index contributed by atoms with van der Waals surface area (Å²) in [6, 6.07) is 14.6. The van der Waals surface area contributed by atoms with Gasteiger partial charge in [-0.25, -0.2) is 0 Å². The van der Waals surface area contributed by atoms with Crippen LogP contribution in [0.15, 0.2) is 53.7 Å². The van der Waals surface area contributed by atoms with Gasteiger partial charge in [0, 0.05) is 50.5 Å². The van der Waals surface area contributed by atoms with Crippen LogP contribution >= 0.6 is 35.6 Å². The number of guanidine groups is 1. The number of benzene rings is 1. The third-order valence-electron chi connectivity index (χ3n) is 5.14. The van der Waals surface area contributed by atoms with E-state index in [0.29, 0.717) is 6.04 Å². The van der Waals surface area contributed by atoms with Crippen LogP contribution in [0, 0.1) is 0 Å². The molecule has 1 aromatic carbocycles. The quantitative estimate of drug-likeness (QED) is 0.246. The highest BCUT2D eigenvalue weighted by atomic mass is 127. The smallest absolute Gasteiger partial charge is 0.191 e. The van der Waals surface area contributed by atoms with Crippen LogP contribution in [0.5, 0.6) is 0 Å². The summed E-state index contributed by atoms with van der Waals surface area (Å²) >= 11 is 6.22. The molecule has 1 aliphatic rings. The van der Waals surface area contributed by atoms with Gasteiger partial charge in [-0.1, -0.05) is 35.9 Å². The largest absolute Gasteiger partial charge is 0.356 e. The van der Waals surface area contributed by atoms with E-state index in [-0.39, 0.29) is 24.0 Å². The summed E-state index contributed by atoms with van der Waals surface area (Å²) in [5.74, 6) is 0.891. The van der Waals surface area contributed by atoms with E-state index >= 15 is 0 Å². The molecule has 1 aliphatic heterocycles. The van der Waals surface area contributed by atoms with Gasteiger partial charge in [-0.3, -0.25) is 14.9 Å². The molecule has 3 rings (SSSR count). The highest BCUT2D eigenvalue weighted by Crippen LogP contribution is 2.16. The van der Waals surface area contributed by atoms with Crippen molar-refractivity contribution in [3.63, 3.8) is 0 Å². The first-order valence-electron chi connectivity index (χ1n) is 10.1. The van der Waals surface area contributed by atoms with Gasteiger partial charge in [0.15, 0.2) is 5.96 Å². The van der Waals surface area contributed by atoms with Crippen molar-refractivity contribution in [2.45, 2.75) is 38.3 Å². The van der Waals surface area contributed by atoms with Crippen LogP contribution in [0.25, 0.3) is 0 Å². The van der Waals surface area contributed by atoms with Crippen molar-refractivity contribution in [2.75, 3.05) is 26.7 Å². The van der Waals surface area contributed by atoms with E-state index < -0.39 is 0 Å². The molecule has 1 saturated heterocycles. The van der Waals surface area contributed by atoms with Crippen LogP contribution in [0.2, 0.25) is 5.02 Å². The van der Waals surface area contributed by atoms with Crippen LogP contribution in [0.3, 0.4) is 0 Å². The maximum atomic E-state index is 6.22. The van der Waals surface area contributed by atoms with Crippen molar-refractivity contribution < 1.29 is 0 Å². The zero-order valence-corrected chi connectivity index (χ0v) is 20.1. The third-order valence-corrected chi connectivity index (χ3v) is 5.51. The number of halogens is 2. The molecule has 0 atom stereocenters. The minimum absolute atomic E-state index is 0. The van der Waals surface area contributed by atoms with Gasteiger partial charge in [0.1, 0.15) is 0 Å². The number of piperidine rings is 1. The third kappa shape index (κ3) is 8.10. The van der Waals surface area contributed by atoms with Gasteiger partial charge < -0.3 is 10.6 Å². The Balaban J connectivity index is 0.00000300.